The fourth-order valence-electron chi connectivity index (χ4n) is 8.42. The van der Waals surface area contributed by atoms with E-state index >= 15 is 0 Å². The van der Waals surface area contributed by atoms with Crippen LogP contribution < -0.4 is 0 Å². The van der Waals surface area contributed by atoms with Gasteiger partial charge in [0, 0.05) is 32.8 Å². The predicted octanol–water partition coefficient (Wildman–Crippen LogP) is 13.6. The van der Waals surface area contributed by atoms with E-state index in [1.54, 1.807) is 12.1 Å². The van der Waals surface area contributed by atoms with Crippen LogP contribution in [0, 0.1) is 22.7 Å². The van der Waals surface area contributed by atoms with Crippen molar-refractivity contribution in [2.75, 3.05) is 0 Å². The van der Waals surface area contributed by atoms with Gasteiger partial charge in [-0.15, -0.1) is 0 Å². The van der Waals surface area contributed by atoms with E-state index in [0.717, 1.165) is 66.8 Å². The van der Waals surface area contributed by atoms with E-state index in [2.05, 4.69) is 102 Å². The van der Waals surface area contributed by atoms with Crippen LogP contribution in [0.4, 0.5) is 13.2 Å². The van der Waals surface area contributed by atoms with Crippen LogP contribution in [-0.4, -0.2) is 9.13 Å². The highest BCUT2D eigenvalue weighted by Gasteiger charge is 2.35. The van der Waals surface area contributed by atoms with Gasteiger partial charge in [0.15, 0.2) is 0 Å². The third-order valence-electron chi connectivity index (χ3n) is 11.0. The van der Waals surface area contributed by atoms with Crippen LogP contribution in [0.25, 0.3) is 88.4 Å². The maximum Gasteiger partial charge on any atom is 0.417 e. The minimum atomic E-state index is -4.75. The Kier molecular flexibility index (Phi) is 8.00. The van der Waals surface area contributed by atoms with Crippen LogP contribution in [0.3, 0.4) is 0 Å². The van der Waals surface area contributed by atoms with Crippen LogP contribution in [0.2, 0.25) is 0 Å². The van der Waals surface area contributed by atoms with Gasteiger partial charge in [0.2, 0.25) is 0 Å². The second kappa shape index (κ2) is 13.4. The highest BCUT2D eigenvalue weighted by atomic mass is 19.4. The first kappa shape index (κ1) is 34.6. The first-order chi connectivity index (χ1) is 28.3. The van der Waals surface area contributed by atoms with Gasteiger partial charge in [-0.1, -0.05) is 97.1 Å². The van der Waals surface area contributed by atoms with Crippen molar-refractivity contribution in [1.29, 1.82) is 10.5 Å². The van der Waals surface area contributed by atoms with Gasteiger partial charge in [-0.3, -0.25) is 0 Å². The molecule has 4 nitrogen and oxygen atoms in total. The number of fused-ring (bicyclic) bond motifs is 6. The highest BCUT2D eigenvalue weighted by Crippen LogP contribution is 2.44. The number of rotatable bonds is 5. The average Bonchev–Trinajstić information content (AvgIpc) is 3.78. The number of hydrogen-bond acceptors (Lipinski definition) is 2. The molecule has 7 heteroatoms. The van der Waals surface area contributed by atoms with Crippen LogP contribution >= 0.6 is 0 Å². The molecule has 0 unspecified atom stereocenters. The lowest BCUT2D eigenvalue weighted by molar-refractivity contribution is -0.137. The maximum absolute atomic E-state index is 14.6. The predicted molar refractivity (Wildman–Crippen MR) is 226 cm³/mol. The van der Waals surface area contributed by atoms with Crippen LogP contribution in [0.1, 0.15) is 16.7 Å². The molecule has 0 saturated heterocycles. The summed E-state index contributed by atoms with van der Waals surface area (Å²) in [6.07, 6.45) is -4.75. The zero-order chi connectivity index (χ0) is 39.5. The highest BCUT2D eigenvalue weighted by molar-refractivity contribution is 6.12. The van der Waals surface area contributed by atoms with Gasteiger partial charge in [0.25, 0.3) is 0 Å². The number of benzene rings is 8. The van der Waals surface area contributed by atoms with E-state index in [-0.39, 0.29) is 22.3 Å². The summed E-state index contributed by atoms with van der Waals surface area (Å²) in [5, 5.41) is 23.5. The largest absolute Gasteiger partial charge is 0.417 e. The molecular weight excluding hydrogens is 726 g/mol. The second-order valence-corrected chi connectivity index (χ2v) is 14.3. The molecule has 274 valence electrons. The van der Waals surface area contributed by atoms with E-state index in [4.69, 9.17) is 0 Å². The first-order valence-electron chi connectivity index (χ1n) is 18.7. The van der Waals surface area contributed by atoms with Gasteiger partial charge < -0.3 is 9.13 Å². The lowest BCUT2D eigenvalue weighted by atomic mass is 9.94. The molecule has 0 aliphatic heterocycles. The molecule has 0 spiro atoms. The number of para-hydroxylation sites is 3. The van der Waals surface area contributed by atoms with Crippen LogP contribution in [0.15, 0.2) is 176 Å². The monoisotopic (exact) mass is 754 g/mol. The van der Waals surface area contributed by atoms with E-state index in [1.807, 2.05) is 59.2 Å². The van der Waals surface area contributed by atoms with Crippen molar-refractivity contribution in [3.63, 3.8) is 0 Å². The Balaban J connectivity index is 1.22. The fraction of sp³-hybridized carbons (Fsp3) is 0.0196. The van der Waals surface area contributed by atoms with Crippen molar-refractivity contribution in [1.82, 2.24) is 9.13 Å². The van der Waals surface area contributed by atoms with E-state index in [0.29, 0.717) is 5.69 Å². The lowest BCUT2D eigenvalue weighted by Gasteiger charge is -2.18. The molecule has 0 radical (unpaired) electrons. The lowest BCUT2D eigenvalue weighted by Crippen LogP contribution is -2.09. The molecular formula is C51H29F3N4. The number of nitrogens with zero attached hydrogens (tertiary/aromatic N) is 4. The van der Waals surface area contributed by atoms with Crippen molar-refractivity contribution in [3.05, 3.63) is 193 Å². The Morgan fingerprint density at radius 3 is 1.57 bits per heavy atom. The summed E-state index contributed by atoms with van der Waals surface area (Å²) in [5.41, 5.74) is 8.70. The minimum absolute atomic E-state index is 0.101. The molecule has 2 heterocycles. The third kappa shape index (κ3) is 5.60. The summed E-state index contributed by atoms with van der Waals surface area (Å²) in [6.45, 7) is 0. The topological polar surface area (TPSA) is 57.4 Å². The third-order valence-corrected chi connectivity index (χ3v) is 11.0. The quantitative estimate of drug-likeness (QED) is 0.176. The average molecular weight is 755 g/mol. The fourth-order valence-corrected chi connectivity index (χ4v) is 8.42. The summed E-state index contributed by atoms with van der Waals surface area (Å²) in [6, 6.07) is 60.2. The zero-order valence-corrected chi connectivity index (χ0v) is 30.7. The van der Waals surface area contributed by atoms with Crippen molar-refractivity contribution >= 4 is 43.6 Å². The first-order valence-corrected chi connectivity index (χ1v) is 18.7. The van der Waals surface area contributed by atoms with Gasteiger partial charge in [-0.2, -0.15) is 23.7 Å². The van der Waals surface area contributed by atoms with Crippen molar-refractivity contribution in [2.24, 2.45) is 0 Å². The molecule has 0 atom stereocenters. The maximum atomic E-state index is 14.6. The van der Waals surface area contributed by atoms with E-state index in [1.165, 1.54) is 29.0 Å². The normalized spacial score (nSPS) is 11.7. The van der Waals surface area contributed by atoms with E-state index < -0.39 is 11.7 Å². The number of hydrogen-bond donors (Lipinski definition) is 0. The summed E-state index contributed by atoms with van der Waals surface area (Å²) in [4.78, 5) is 0. The Morgan fingerprint density at radius 2 is 0.931 bits per heavy atom. The summed E-state index contributed by atoms with van der Waals surface area (Å²) < 4.78 is 48.2. The SMILES string of the molecule is N#Cc1ccc(-n2c3ccccc3c3cc(-c4cc(-c5ccccc5)cc(-n5c6ccccc6c6ccccc65)c4)ccc32)c(-c2ccc(C#N)cc2C(F)(F)F)c1. The Hall–Kier alpha value is -7.87. The molecule has 10 rings (SSSR count). The van der Waals surface area contributed by atoms with Crippen molar-refractivity contribution in [2.45, 2.75) is 6.18 Å². The van der Waals surface area contributed by atoms with Crippen molar-refractivity contribution in [3.8, 4) is 56.9 Å². The number of halogens is 3. The molecule has 58 heavy (non-hydrogen) atoms. The minimum Gasteiger partial charge on any atom is -0.309 e. The molecule has 2 aromatic heterocycles. The number of alkyl halides is 3. The molecule has 0 bridgehead atoms. The molecule has 8 aromatic carbocycles. The van der Waals surface area contributed by atoms with Gasteiger partial charge in [-0.25, -0.2) is 0 Å². The summed E-state index contributed by atoms with van der Waals surface area (Å²) in [7, 11) is 0. The van der Waals surface area contributed by atoms with Gasteiger partial charge in [-0.05, 0) is 107 Å². The molecule has 0 N–H and O–H groups in total. The molecule has 0 aliphatic rings. The molecule has 0 aliphatic carbocycles. The van der Waals surface area contributed by atoms with Crippen LogP contribution in [-0.2, 0) is 6.18 Å². The van der Waals surface area contributed by atoms with E-state index in [9.17, 15) is 23.7 Å². The smallest absolute Gasteiger partial charge is 0.309 e. The standard InChI is InChI=1S/C51H29F3N4/c52-51(53,54)45-25-33(31-56)18-21-39(45)43-24-32(30-55)19-22-49(43)58-48-17-9-6-14-42(48)44-29-35(20-23-50(44)58)37-26-36(34-10-2-1-3-11-34)27-38(28-37)57-46-15-7-4-12-40(46)41-13-5-8-16-47(41)57/h1-29H. The van der Waals surface area contributed by atoms with Gasteiger partial charge in [0.05, 0.1) is 56.6 Å². The zero-order valence-electron chi connectivity index (χ0n) is 30.7. The number of nitriles is 2. The van der Waals surface area contributed by atoms with Crippen LogP contribution in [0.5, 0.6) is 0 Å². The van der Waals surface area contributed by atoms with Gasteiger partial charge in [0.1, 0.15) is 0 Å². The molecule has 0 amide bonds. The molecule has 0 saturated carbocycles. The summed E-state index contributed by atoms with van der Waals surface area (Å²) in [5.74, 6) is 0. The van der Waals surface area contributed by atoms with Crippen molar-refractivity contribution < 1.29 is 13.2 Å². The summed E-state index contributed by atoms with van der Waals surface area (Å²) >= 11 is 0. The molecule has 0 fully saturated rings. The van der Waals surface area contributed by atoms with Gasteiger partial charge >= 0.3 is 6.18 Å². The Labute approximate surface area is 331 Å². The number of aromatic nitrogens is 2. The Morgan fingerprint density at radius 1 is 0.397 bits per heavy atom. The molecule has 10 aromatic rings. The second-order valence-electron chi connectivity index (χ2n) is 14.3. The Bertz CT molecular complexity index is 3300.